The van der Waals surface area contributed by atoms with Crippen LogP contribution in [0.15, 0.2) is 76.1 Å². The van der Waals surface area contributed by atoms with E-state index in [2.05, 4.69) is 9.97 Å². The molecule has 7 heteroatoms. The van der Waals surface area contributed by atoms with Crippen LogP contribution < -0.4 is 5.69 Å². The van der Waals surface area contributed by atoms with Gasteiger partial charge in [-0.2, -0.15) is 9.97 Å². The summed E-state index contributed by atoms with van der Waals surface area (Å²) in [5.74, 6) is 1.12. The molecule has 2 aromatic carbocycles. The molecule has 2 heterocycles. The summed E-state index contributed by atoms with van der Waals surface area (Å²) in [5, 5.41) is 0.0931. The predicted molar refractivity (Wildman–Crippen MR) is 101 cm³/mol. The van der Waals surface area contributed by atoms with Crippen LogP contribution in [0.1, 0.15) is 0 Å². The molecule has 0 spiro atoms. The molecule has 0 aliphatic carbocycles. The molecule has 0 bridgehead atoms. The Hall–Kier alpha value is -2.89. The summed E-state index contributed by atoms with van der Waals surface area (Å²) in [7, 11) is 0. The van der Waals surface area contributed by atoms with Gasteiger partial charge in [0.25, 0.3) is 0 Å². The average molecular weight is 384 g/mol. The van der Waals surface area contributed by atoms with Crippen molar-refractivity contribution < 1.29 is 4.42 Å². The van der Waals surface area contributed by atoms with Gasteiger partial charge in [-0.3, -0.25) is 0 Å². The third kappa shape index (κ3) is 3.03. The van der Waals surface area contributed by atoms with Crippen LogP contribution >= 0.6 is 23.2 Å². The van der Waals surface area contributed by atoms with Gasteiger partial charge >= 0.3 is 5.69 Å². The number of aromatic nitrogens is 3. The molecule has 0 amide bonds. The fraction of sp³-hybridized carbons (Fsp3) is 0. The fourth-order valence-corrected chi connectivity index (χ4v) is 2.78. The second kappa shape index (κ2) is 6.78. The first-order valence-electron chi connectivity index (χ1n) is 7.70. The molecular weight excluding hydrogens is 373 g/mol. The van der Waals surface area contributed by atoms with Gasteiger partial charge in [0.05, 0.1) is 5.02 Å². The Morgan fingerprint density at radius 1 is 0.846 bits per heavy atom. The summed E-state index contributed by atoms with van der Waals surface area (Å²) < 4.78 is 7.22. The Kier molecular flexibility index (Phi) is 4.32. The van der Waals surface area contributed by atoms with E-state index < -0.39 is 5.69 Å². The van der Waals surface area contributed by atoms with Crippen LogP contribution in [0.3, 0.4) is 0 Å². The minimum atomic E-state index is -0.593. The lowest BCUT2D eigenvalue weighted by Gasteiger charge is -2.04. The van der Waals surface area contributed by atoms with Crippen molar-refractivity contribution in [1.82, 2.24) is 14.5 Å². The second-order valence-corrected chi connectivity index (χ2v) is 6.20. The van der Waals surface area contributed by atoms with E-state index in [1.807, 2.05) is 60.7 Å². The number of hydrogen-bond acceptors (Lipinski definition) is 4. The summed E-state index contributed by atoms with van der Waals surface area (Å²) in [6.07, 6.45) is 1.39. The minimum Gasteiger partial charge on any atom is -0.434 e. The Balaban J connectivity index is 1.98. The fourth-order valence-electron chi connectivity index (χ4n) is 2.52. The van der Waals surface area contributed by atoms with Crippen molar-refractivity contribution >= 4 is 23.2 Å². The molecule has 4 aromatic rings. The topological polar surface area (TPSA) is 60.9 Å². The van der Waals surface area contributed by atoms with Crippen LogP contribution in [0.4, 0.5) is 0 Å². The van der Waals surface area contributed by atoms with Crippen molar-refractivity contribution in [2.45, 2.75) is 0 Å². The molecule has 0 saturated heterocycles. The maximum Gasteiger partial charge on any atom is 0.354 e. The van der Waals surface area contributed by atoms with Crippen molar-refractivity contribution in [3.05, 3.63) is 87.5 Å². The Labute approximate surface area is 158 Å². The summed E-state index contributed by atoms with van der Waals surface area (Å²) in [5.41, 5.74) is 0.969. The highest BCUT2D eigenvalue weighted by molar-refractivity contribution is 6.41. The van der Waals surface area contributed by atoms with E-state index in [1.54, 1.807) is 0 Å². The molecule has 0 saturated carbocycles. The van der Waals surface area contributed by atoms with Crippen molar-refractivity contribution in [2.24, 2.45) is 0 Å². The Morgan fingerprint density at radius 3 is 2.12 bits per heavy atom. The zero-order valence-corrected chi connectivity index (χ0v) is 14.8. The number of halogens is 2. The van der Waals surface area contributed by atoms with Gasteiger partial charge in [-0.1, -0.05) is 71.7 Å². The normalized spacial score (nSPS) is 10.8. The van der Waals surface area contributed by atoms with E-state index in [1.165, 1.54) is 10.8 Å². The lowest BCUT2D eigenvalue weighted by atomic mass is 10.2. The third-order valence-electron chi connectivity index (χ3n) is 3.73. The number of hydrogen-bond donors (Lipinski definition) is 0. The minimum absolute atomic E-state index is 0.0547. The maximum absolute atomic E-state index is 12.3. The van der Waals surface area contributed by atoms with Crippen LogP contribution in [-0.4, -0.2) is 14.5 Å². The molecule has 0 N–H and O–H groups in total. The molecule has 2 aromatic heterocycles. The summed E-state index contributed by atoms with van der Waals surface area (Å²) in [6, 6.07) is 18.8. The Bertz CT molecular complexity index is 1120. The lowest BCUT2D eigenvalue weighted by molar-refractivity contribution is 0.588. The monoisotopic (exact) mass is 383 g/mol. The molecule has 0 atom stereocenters. The van der Waals surface area contributed by atoms with Crippen LogP contribution in [0.5, 0.6) is 0 Å². The summed E-state index contributed by atoms with van der Waals surface area (Å²) in [4.78, 5) is 20.6. The average Bonchev–Trinajstić information content (AvgIpc) is 3.11. The van der Waals surface area contributed by atoms with E-state index >= 15 is 0 Å². The number of benzene rings is 2. The van der Waals surface area contributed by atoms with Crippen LogP contribution in [0, 0.1) is 0 Å². The van der Waals surface area contributed by atoms with E-state index in [0.29, 0.717) is 17.5 Å². The molecule has 4 rings (SSSR count). The van der Waals surface area contributed by atoms with Gasteiger partial charge < -0.3 is 4.42 Å². The molecule has 0 unspecified atom stereocenters. The van der Waals surface area contributed by atoms with Crippen molar-refractivity contribution in [1.29, 1.82) is 0 Å². The van der Waals surface area contributed by atoms with E-state index in [0.717, 1.165) is 11.1 Å². The number of nitrogens with zero attached hydrogens (tertiary/aromatic N) is 3. The quantitative estimate of drug-likeness (QED) is 0.473. The second-order valence-electron chi connectivity index (χ2n) is 5.44. The van der Waals surface area contributed by atoms with Crippen molar-refractivity contribution in [2.75, 3.05) is 0 Å². The van der Waals surface area contributed by atoms with Gasteiger partial charge in [-0.25, -0.2) is 9.36 Å². The van der Waals surface area contributed by atoms with Crippen molar-refractivity contribution in [3.8, 4) is 28.6 Å². The highest BCUT2D eigenvalue weighted by Crippen LogP contribution is 2.32. The van der Waals surface area contributed by atoms with Gasteiger partial charge in [0, 0.05) is 17.3 Å². The summed E-state index contributed by atoms with van der Waals surface area (Å²) >= 11 is 11.9. The molecule has 0 aliphatic rings. The highest BCUT2D eigenvalue weighted by atomic mass is 35.5. The van der Waals surface area contributed by atoms with E-state index in [4.69, 9.17) is 27.6 Å². The first-order chi connectivity index (χ1) is 12.6. The zero-order valence-electron chi connectivity index (χ0n) is 13.3. The van der Waals surface area contributed by atoms with Gasteiger partial charge in [-0.15, -0.1) is 0 Å². The lowest BCUT2D eigenvalue weighted by Crippen LogP contribution is -2.21. The van der Waals surface area contributed by atoms with Crippen LogP contribution in [0.2, 0.25) is 10.2 Å². The van der Waals surface area contributed by atoms with Crippen molar-refractivity contribution in [3.63, 3.8) is 0 Å². The Morgan fingerprint density at radius 2 is 1.46 bits per heavy atom. The largest absolute Gasteiger partial charge is 0.434 e. The third-order valence-corrected chi connectivity index (χ3v) is 4.40. The molecule has 0 fully saturated rings. The smallest absolute Gasteiger partial charge is 0.354 e. The van der Waals surface area contributed by atoms with Crippen LogP contribution in [0.25, 0.3) is 28.6 Å². The standard InChI is InChI=1S/C19H11Cl2N3O2/c20-14-11-24(19(25)22-16(14)21)17-15(12-7-3-1-4-8-12)26-18(23-17)13-9-5-2-6-10-13/h1-11H. The van der Waals surface area contributed by atoms with Crippen LogP contribution in [-0.2, 0) is 0 Å². The first-order valence-corrected chi connectivity index (χ1v) is 8.46. The molecule has 0 radical (unpaired) electrons. The molecule has 5 nitrogen and oxygen atoms in total. The SMILES string of the molecule is O=c1nc(Cl)c(Cl)cn1-c1nc(-c2ccccc2)oc1-c1ccccc1. The maximum atomic E-state index is 12.3. The molecule has 26 heavy (non-hydrogen) atoms. The van der Waals surface area contributed by atoms with Gasteiger partial charge in [0.15, 0.2) is 16.7 Å². The number of rotatable bonds is 3. The zero-order chi connectivity index (χ0) is 18.1. The molecular formula is C19H11Cl2N3O2. The molecule has 0 aliphatic heterocycles. The number of oxazole rings is 1. The predicted octanol–water partition coefficient (Wildman–Crippen LogP) is 4.86. The van der Waals surface area contributed by atoms with E-state index in [9.17, 15) is 4.79 Å². The van der Waals surface area contributed by atoms with E-state index in [-0.39, 0.29) is 10.2 Å². The molecule has 128 valence electrons. The summed E-state index contributed by atoms with van der Waals surface area (Å²) in [6.45, 7) is 0. The van der Waals surface area contributed by atoms with Gasteiger partial charge in [0.2, 0.25) is 5.89 Å². The van der Waals surface area contributed by atoms with Gasteiger partial charge in [0.1, 0.15) is 0 Å². The highest BCUT2D eigenvalue weighted by Gasteiger charge is 2.20. The first kappa shape index (κ1) is 16.6. The van der Waals surface area contributed by atoms with Gasteiger partial charge in [-0.05, 0) is 12.1 Å².